The van der Waals surface area contributed by atoms with Gasteiger partial charge in [0, 0.05) is 19.3 Å². The van der Waals surface area contributed by atoms with Crippen molar-refractivity contribution in [1.82, 2.24) is 0 Å². The van der Waals surface area contributed by atoms with Gasteiger partial charge in [-0.3, -0.25) is 14.4 Å². The number of allylic oxidation sites excluding steroid dienone is 24. The van der Waals surface area contributed by atoms with E-state index in [9.17, 15) is 14.4 Å². The summed E-state index contributed by atoms with van der Waals surface area (Å²) in [5.74, 6) is -1.00. The molecule has 0 N–H and O–H groups in total. The minimum Gasteiger partial charge on any atom is -0.462 e. The second-order valence-electron chi connectivity index (χ2n) is 18.1. The standard InChI is InChI=1S/C65H102O6/c1-4-7-10-13-16-19-22-25-28-31-32-35-37-40-43-46-49-52-55-58-64(67)70-61-62(71-65(68)59-56-53-50-47-44-41-38-34-30-27-24-21-18-15-12-9-6-3)60-69-63(66)57-54-51-48-45-42-39-36-33-29-26-23-20-17-14-11-8-5-2/h7,9-10,12,16-21,25-30,32,35-36,38-41,43,62H,4-6,8,11,13-15,22-24,31,33-34,37,42,44-61H2,1-3H3/b10-7-,12-9-,19-16-,20-17-,21-18-,28-25-,29-26-,30-27-,35-32-,39-36-,41-38-,43-40-/t62-/m0/s1. The molecule has 0 aromatic heterocycles. The summed E-state index contributed by atoms with van der Waals surface area (Å²) in [5, 5.41) is 0. The minimum absolute atomic E-state index is 0.117. The number of hydrogen-bond acceptors (Lipinski definition) is 6. The van der Waals surface area contributed by atoms with E-state index in [0.717, 1.165) is 161 Å². The highest BCUT2D eigenvalue weighted by Gasteiger charge is 2.19. The van der Waals surface area contributed by atoms with Gasteiger partial charge in [0.2, 0.25) is 0 Å². The Hall–Kier alpha value is -4.71. The van der Waals surface area contributed by atoms with Gasteiger partial charge in [-0.05, 0) is 141 Å². The Kier molecular flexibility index (Phi) is 54.0. The van der Waals surface area contributed by atoms with Crippen LogP contribution in [0.25, 0.3) is 0 Å². The molecule has 0 aromatic rings. The van der Waals surface area contributed by atoms with Crippen LogP contribution in [0.15, 0.2) is 146 Å². The maximum Gasteiger partial charge on any atom is 0.306 e. The Morgan fingerprint density at radius 3 is 0.859 bits per heavy atom. The fraction of sp³-hybridized carbons (Fsp3) is 0.585. The second kappa shape index (κ2) is 57.9. The number of rotatable bonds is 49. The van der Waals surface area contributed by atoms with E-state index in [1.54, 1.807) is 0 Å². The van der Waals surface area contributed by atoms with Gasteiger partial charge in [0.15, 0.2) is 6.10 Å². The fourth-order valence-corrected chi connectivity index (χ4v) is 7.11. The quantitative estimate of drug-likeness (QED) is 0.0262. The number of ether oxygens (including phenoxy) is 3. The van der Waals surface area contributed by atoms with E-state index in [2.05, 4.69) is 167 Å². The van der Waals surface area contributed by atoms with Gasteiger partial charge in [-0.15, -0.1) is 0 Å². The van der Waals surface area contributed by atoms with Crippen LogP contribution in [0.1, 0.15) is 226 Å². The minimum atomic E-state index is -0.822. The van der Waals surface area contributed by atoms with Crippen LogP contribution in [-0.2, 0) is 28.6 Å². The lowest BCUT2D eigenvalue weighted by atomic mass is 10.1. The fourth-order valence-electron chi connectivity index (χ4n) is 7.11. The molecule has 0 amide bonds. The van der Waals surface area contributed by atoms with Gasteiger partial charge < -0.3 is 14.2 Å². The number of carbonyl (C=O) groups excluding carboxylic acids is 3. The zero-order chi connectivity index (χ0) is 51.4. The van der Waals surface area contributed by atoms with Crippen molar-refractivity contribution in [2.24, 2.45) is 0 Å². The van der Waals surface area contributed by atoms with Gasteiger partial charge in [0.05, 0.1) is 0 Å². The topological polar surface area (TPSA) is 78.9 Å². The van der Waals surface area contributed by atoms with Crippen molar-refractivity contribution in [3.8, 4) is 0 Å². The van der Waals surface area contributed by atoms with Gasteiger partial charge in [-0.25, -0.2) is 0 Å². The van der Waals surface area contributed by atoms with Crippen molar-refractivity contribution < 1.29 is 28.6 Å². The maximum absolute atomic E-state index is 12.9. The lowest BCUT2D eigenvalue weighted by molar-refractivity contribution is -0.167. The molecule has 398 valence electrons. The predicted octanol–water partition coefficient (Wildman–Crippen LogP) is 19.2. The molecule has 0 fully saturated rings. The molecule has 0 bridgehead atoms. The van der Waals surface area contributed by atoms with E-state index in [1.807, 2.05) is 0 Å². The largest absolute Gasteiger partial charge is 0.462 e. The van der Waals surface area contributed by atoms with Crippen molar-refractivity contribution in [2.45, 2.75) is 232 Å². The molecular weight excluding hydrogens is 877 g/mol. The molecule has 0 rings (SSSR count). The molecule has 1 atom stereocenters. The summed E-state index contributed by atoms with van der Waals surface area (Å²) in [6.45, 7) is 6.30. The van der Waals surface area contributed by atoms with Crippen LogP contribution < -0.4 is 0 Å². The zero-order valence-electron chi connectivity index (χ0n) is 45.4. The van der Waals surface area contributed by atoms with Gasteiger partial charge in [-0.1, -0.05) is 212 Å². The first kappa shape index (κ1) is 66.3. The molecule has 0 aromatic carbocycles. The first-order valence-electron chi connectivity index (χ1n) is 28.3. The lowest BCUT2D eigenvalue weighted by Gasteiger charge is -2.18. The Morgan fingerprint density at radius 2 is 0.549 bits per heavy atom. The molecule has 0 unspecified atom stereocenters. The Bertz CT molecular complexity index is 1590. The van der Waals surface area contributed by atoms with Crippen molar-refractivity contribution in [3.05, 3.63) is 146 Å². The van der Waals surface area contributed by atoms with Crippen molar-refractivity contribution >= 4 is 17.9 Å². The van der Waals surface area contributed by atoms with Gasteiger partial charge >= 0.3 is 17.9 Å². The summed E-state index contributed by atoms with van der Waals surface area (Å²) in [6.07, 6.45) is 82.6. The Balaban J connectivity index is 4.57. The van der Waals surface area contributed by atoms with Crippen LogP contribution in [0.3, 0.4) is 0 Å². The van der Waals surface area contributed by atoms with Crippen LogP contribution in [0.2, 0.25) is 0 Å². The van der Waals surface area contributed by atoms with Crippen molar-refractivity contribution in [3.63, 3.8) is 0 Å². The molecular formula is C65H102O6. The van der Waals surface area contributed by atoms with Crippen molar-refractivity contribution in [2.75, 3.05) is 13.2 Å². The number of hydrogen-bond donors (Lipinski definition) is 0. The summed E-state index contributed by atoms with van der Waals surface area (Å²) in [7, 11) is 0. The molecule has 0 aliphatic rings. The molecule has 6 nitrogen and oxygen atoms in total. The average molecular weight is 980 g/mol. The highest BCUT2D eigenvalue weighted by molar-refractivity contribution is 5.71. The molecule has 0 aliphatic heterocycles. The number of carbonyl (C=O) groups is 3. The first-order chi connectivity index (χ1) is 35.0. The summed E-state index contributed by atoms with van der Waals surface area (Å²) in [4.78, 5) is 38.2. The summed E-state index contributed by atoms with van der Waals surface area (Å²) in [5.41, 5.74) is 0. The van der Waals surface area contributed by atoms with Gasteiger partial charge in [-0.2, -0.15) is 0 Å². The SMILES string of the molecule is CC/C=C\C/C=C\C/C=C\C/C=C\C/C=C\CCCCCC(=O)OC[C@H](COC(=O)CCCCCC/C=C\C/C=C\C/C=C\CCCCC)OC(=O)CCCCCC/C=C\C/C=C\C/C=C\C/C=C\CC. The molecule has 71 heavy (non-hydrogen) atoms. The van der Waals surface area contributed by atoms with Crippen LogP contribution in [-0.4, -0.2) is 37.2 Å². The van der Waals surface area contributed by atoms with E-state index < -0.39 is 6.10 Å². The molecule has 0 heterocycles. The number of unbranched alkanes of at least 4 members (excludes halogenated alkanes) is 14. The zero-order valence-corrected chi connectivity index (χ0v) is 45.4. The van der Waals surface area contributed by atoms with E-state index >= 15 is 0 Å². The normalized spacial score (nSPS) is 13.2. The summed E-state index contributed by atoms with van der Waals surface area (Å²) in [6, 6.07) is 0. The van der Waals surface area contributed by atoms with Gasteiger partial charge in [0.1, 0.15) is 13.2 Å². The van der Waals surface area contributed by atoms with Crippen LogP contribution in [0.5, 0.6) is 0 Å². The van der Waals surface area contributed by atoms with Crippen molar-refractivity contribution in [1.29, 1.82) is 0 Å². The van der Waals surface area contributed by atoms with Crippen LogP contribution in [0.4, 0.5) is 0 Å². The lowest BCUT2D eigenvalue weighted by Crippen LogP contribution is -2.30. The van der Waals surface area contributed by atoms with E-state index in [-0.39, 0.29) is 37.5 Å². The average Bonchev–Trinajstić information content (AvgIpc) is 3.37. The van der Waals surface area contributed by atoms with E-state index in [0.29, 0.717) is 12.8 Å². The van der Waals surface area contributed by atoms with Gasteiger partial charge in [0.25, 0.3) is 0 Å². The summed E-state index contributed by atoms with van der Waals surface area (Å²) >= 11 is 0. The second-order valence-corrected chi connectivity index (χ2v) is 18.1. The molecule has 0 aliphatic carbocycles. The first-order valence-corrected chi connectivity index (χ1v) is 28.3. The van der Waals surface area contributed by atoms with Crippen LogP contribution in [0, 0.1) is 0 Å². The third kappa shape index (κ3) is 56.1. The Morgan fingerprint density at radius 1 is 0.296 bits per heavy atom. The molecule has 0 spiro atoms. The van der Waals surface area contributed by atoms with Crippen LogP contribution >= 0.6 is 0 Å². The van der Waals surface area contributed by atoms with E-state index in [4.69, 9.17) is 14.2 Å². The highest BCUT2D eigenvalue weighted by Crippen LogP contribution is 2.12. The Labute approximate surface area is 436 Å². The monoisotopic (exact) mass is 979 g/mol. The summed E-state index contributed by atoms with van der Waals surface area (Å²) < 4.78 is 16.8. The molecule has 0 saturated heterocycles. The molecule has 0 saturated carbocycles. The third-order valence-corrected chi connectivity index (χ3v) is 11.3. The smallest absolute Gasteiger partial charge is 0.306 e. The molecule has 0 radical (unpaired) electrons. The third-order valence-electron chi connectivity index (χ3n) is 11.3. The number of esters is 3. The highest BCUT2D eigenvalue weighted by atomic mass is 16.6. The molecule has 6 heteroatoms. The maximum atomic E-state index is 12.9. The predicted molar refractivity (Wildman–Crippen MR) is 306 cm³/mol. The van der Waals surface area contributed by atoms with E-state index in [1.165, 1.54) is 25.7 Å².